The van der Waals surface area contributed by atoms with Crippen LogP contribution < -0.4 is 10.1 Å². The van der Waals surface area contributed by atoms with Gasteiger partial charge in [-0.2, -0.15) is 0 Å². The van der Waals surface area contributed by atoms with Crippen LogP contribution in [0.15, 0.2) is 30.3 Å². The highest BCUT2D eigenvalue weighted by Gasteiger charge is 2.18. The van der Waals surface area contributed by atoms with E-state index in [1.165, 1.54) is 24.3 Å². The van der Waals surface area contributed by atoms with E-state index in [1.807, 2.05) is 0 Å². The Hall–Kier alpha value is -2.68. The minimum absolute atomic E-state index is 0.0386. The molecule has 0 aliphatic carbocycles. The van der Waals surface area contributed by atoms with Gasteiger partial charge in [0.15, 0.2) is 40.8 Å². The molecule has 0 unspecified atom stereocenters. The molecule has 24 heavy (non-hydrogen) atoms. The van der Waals surface area contributed by atoms with Crippen LogP contribution in [0.5, 0.6) is 5.75 Å². The molecular weight excluding hydrogens is 348 g/mol. The zero-order valence-electron chi connectivity index (χ0n) is 11.8. The fraction of sp³-hybridized carbons (Fsp3) is 0.0667. The van der Waals surface area contributed by atoms with Crippen molar-refractivity contribution in [2.75, 3.05) is 11.9 Å². The number of ether oxygens (including phenoxy) is 1. The summed E-state index contributed by atoms with van der Waals surface area (Å²) in [4.78, 5) is 15.5. The Labute approximate surface area is 136 Å². The van der Waals surface area contributed by atoms with Crippen LogP contribution in [0, 0.1) is 23.3 Å². The molecule has 1 heterocycles. The number of hydrogen-bond acceptors (Lipinski definition) is 4. The van der Waals surface area contributed by atoms with Crippen LogP contribution in [-0.4, -0.2) is 17.5 Å². The van der Waals surface area contributed by atoms with Crippen LogP contribution in [0.2, 0.25) is 0 Å². The first-order valence-corrected chi connectivity index (χ1v) is 7.38. The second-order valence-electron chi connectivity index (χ2n) is 4.62. The highest BCUT2D eigenvalue weighted by Crippen LogP contribution is 2.30. The third kappa shape index (κ3) is 3.16. The average molecular weight is 356 g/mol. The predicted molar refractivity (Wildman–Crippen MR) is 80.0 cm³/mol. The summed E-state index contributed by atoms with van der Waals surface area (Å²) in [5, 5.41) is 2.24. The van der Waals surface area contributed by atoms with Gasteiger partial charge in [-0.25, -0.2) is 22.5 Å². The molecule has 0 aliphatic heterocycles. The van der Waals surface area contributed by atoms with E-state index in [-0.39, 0.29) is 21.1 Å². The van der Waals surface area contributed by atoms with E-state index < -0.39 is 35.8 Å². The second-order valence-corrected chi connectivity index (χ2v) is 5.65. The standard InChI is InChI=1S/C15H8F4N2O2S/c16-7-3-1-2-4-9(7)23-6-11(22)20-15-21-14-10(24-15)5-8(17)12(18)13(14)19/h1-5H,6H2,(H,20,21,22). The fourth-order valence-electron chi connectivity index (χ4n) is 1.89. The normalized spacial score (nSPS) is 10.8. The summed E-state index contributed by atoms with van der Waals surface area (Å²) in [6.07, 6.45) is 0. The molecule has 2 aromatic carbocycles. The zero-order chi connectivity index (χ0) is 17.3. The number of rotatable bonds is 4. The fourth-order valence-corrected chi connectivity index (χ4v) is 2.79. The molecule has 3 aromatic rings. The SMILES string of the molecule is O=C(COc1ccccc1F)Nc1nc2c(F)c(F)c(F)cc2s1. The summed E-state index contributed by atoms with van der Waals surface area (Å²) in [5.74, 6) is -5.81. The predicted octanol–water partition coefficient (Wildman–Crippen LogP) is 3.87. The van der Waals surface area contributed by atoms with E-state index in [4.69, 9.17) is 4.74 Å². The first-order chi connectivity index (χ1) is 11.5. The van der Waals surface area contributed by atoms with Crippen LogP contribution in [0.1, 0.15) is 0 Å². The quantitative estimate of drug-likeness (QED) is 0.570. The molecule has 9 heteroatoms. The molecule has 4 nitrogen and oxygen atoms in total. The van der Waals surface area contributed by atoms with Gasteiger partial charge in [0.25, 0.3) is 5.91 Å². The van der Waals surface area contributed by atoms with E-state index in [9.17, 15) is 22.4 Å². The highest BCUT2D eigenvalue weighted by molar-refractivity contribution is 7.22. The maximum atomic E-state index is 13.6. The number of fused-ring (bicyclic) bond motifs is 1. The van der Waals surface area contributed by atoms with Crippen molar-refractivity contribution < 1.29 is 27.1 Å². The molecule has 0 atom stereocenters. The number of nitrogens with one attached hydrogen (secondary N) is 1. The number of halogens is 4. The minimum atomic E-state index is -1.63. The number of para-hydroxylation sites is 1. The number of thiazole rings is 1. The number of aromatic nitrogens is 1. The Morgan fingerprint density at radius 1 is 1.12 bits per heavy atom. The van der Waals surface area contributed by atoms with Gasteiger partial charge < -0.3 is 4.74 Å². The lowest BCUT2D eigenvalue weighted by molar-refractivity contribution is -0.118. The number of benzene rings is 2. The summed E-state index contributed by atoms with van der Waals surface area (Å²) in [6.45, 7) is -0.512. The number of nitrogens with zero attached hydrogens (tertiary/aromatic N) is 1. The van der Waals surface area contributed by atoms with E-state index in [1.54, 1.807) is 0 Å². The van der Waals surface area contributed by atoms with E-state index in [2.05, 4.69) is 10.3 Å². The largest absolute Gasteiger partial charge is 0.481 e. The van der Waals surface area contributed by atoms with Crippen LogP contribution in [0.4, 0.5) is 22.7 Å². The summed E-state index contributed by atoms with van der Waals surface area (Å²) in [5.41, 5.74) is -0.385. The summed E-state index contributed by atoms with van der Waals surface area (Å²) < 4.78 is 58.3. The number of anilines is 1. The molecule has 124 valence electrons. The van der Waals surface area contributed by atoms with Gasteiger partial charge in [0.2, 0.25) is 0 Å². The van der Waals surface area contributed by atoms with Crippen molar-refractivity contribution in [1.82, 2.24) is 4.98 Å². The van der Waals surface area contributed by atoms with Gasteiger partial charge in [-0.05, 0) is 18.2 Å². The lowest BCUT2D eigenvalue weighted by Gasteiger charge is -2.06. The Bertz CT molecular complexity index is 929. The maximum absolute atomic E-state index is 13.6. The molecule has 0 spiro atoms. The Balaban J connectivity index is 1.72. The summed E-state index contributed by atoms with van der Waals surface area (Å²) in [6, 6.07) is 6.32. The van der Waals surface area contributed by atoms with Gasteiger partial charge in [-0.3, -0.25) is 10.1 Å². The van der Waals surface area contributed by atoms with Crippen LogP contribution in [0.25, 0.3) is 10.2 Å². The molecule has 0 radical (unpaired) electrons. The number of carbonyl (C=O) groups excluding carboxylic acids is 1. The smallest absolute Gasteiger partial charge is 0.264 e. The average Bonchev–Trinajstić information content (AvgIpc) is 2.94. The van der Waals surface area contributed by atoms with Crippen molar-refractivity contribution in [2.24, 2.45) is 0 Å². The van der Waals surface area contributed by atoms with Gasteiger partial charge in [0, 0.05) is 0 Å². The lowest BCUT2D eigenvalue weighted by atomic mass is 10.3. The molecule has 0 aliphatic rings. The Morgan fingerprint density at radius 2 is 1.88 bits per heavy atom. The van der Waals surface area contributed by atoms with Gasteiger partial charge >= 0.3 is 0 Å². The minimum Gasteiger partial charge on any atom is -0.481 e. The lowest BCUT2D eigenvalue weighted by Crippen LogP contribution is -2.20. The first-order valence-electron chi connectivity index (χ1n) is 6.57. The van der Waals surface area contributed by atoms with E-state index >= 15 is 0 Å². The maximum Gasteiger partial charge on any atom is 0.264 e. The molecule has 1 N–H and O–H groups in total. The summed E-state index contributed by atoms with van der Waals surface area (Å²) >= 11 is 0.768. The van der Waals surface area contributed by atoms with E-state index in [0.29, 0.717) is 0 Å². The van der Waals surface area contributed by atoms with Crippen molar-refractivity contribution in [3.63, 3.8) is 0 Å². The number of hydrogen-bond donors (Lipinski definition) is 1. The molecule has 0 saturated heterocycles. The van der Waals surface area contributed by atoms with Gasteiger partial charge in [-0.1, -0.05) is 23.5 Å². The number of carbonyl (C=O) groups is 1. The van der Waals surface area contributed by atoms with Crippen LogP contribution >= 0.6 is 11.3 Å². The molecular formula is C15H8F4N2O2S. The third-order valence-corrected chi connectivity index (χ3v) is 3.88. The van der Waals surface area contributed by atoms with E-state index in [0.717, 1.165) is 17.4 Å². The monoisotopic (exact) mass is 356 g/mol. The van der Waals surface area contributed by atoms with Crippen molar-refractivity contribution in [2.45, 2.75) is 0 Å². The molecule has 0 fully saturated rings. The zero-order valence-corrected chi connectivity index (χ0v) is 12.6. The molecule has 1 aromatic heterocycles. The number of amides is 1. The first kappa shape index (κ1) is 16.2. The van der Waals surface area contributed by atoms with Crippen LogP contribution in [-0.2, 0) is 4.79 Å². The molecule has 3 rings (SSSR count). The highest BCUT2D eigenvalue weighted by atomic mass is 32.1. The Kier molecular flexibility index (Phi) is 4.34. The van der Waals surface area contributed by atoms with Crippen molar-refractivity contribution >= 4 is 32.6 Å². The molecule has 0 bridgehead atoms. The van der Waals surface area contributed by atoms with Gasteiger partial charge in [-0.15, -0.1) is 0 Å². The molecule has 1 amide bonds. The molecule has 0 saturated carbocycles. The van der Waals surface area contributed by atoms with Gasteiger partial charge in [0.05, 0.1) is 4.70 Å². The Morgan fingerprint density at radius 3 is 2.62 bits per heavy atom. The third-order valence-electron chi connectivity index (χ3n) is 2.96. The summed E-state index contributed by atoms with van der Waals surface area (Å²) in [7, 11) is 0. The topological polar surface area (TPSA) is 51.2 Å². The van der Waals surface area contributed by atoms with Crippen molar-refractivity contribution in [3.05, 3.63) is 53.6 Å². The van der Waals surface area contributed by atoms with Crippen molar-refractivity contribution in [3.8, 4) is 5.75 Å². The van der Waals surface area contributed by atoms with Crippen LogP contribution in [0.3, 0.4) is 0 Å². The van der Waals surface area contributed by atoms with Crippen molar-refractivity contribution in [1.29, 1.82) is 0 Å². The van der Waals surface area contributed by atoms with Gasteiger partial charge in [0.1, 0.15) is 5.52 Å². The second kappa shape index (κ2) is 6.44.